The lowest BCUT2D eigenvalue weighted by atomic mass is 10.1. The number of unbranched alkanes of at least 4 members (excludes halogenated alkanes) is 1. The number of carbonyl (C=O) groups is 1. The van der Waals surface area contributed by atoms with E-state index in [2.05, 4.69) is 10.3 Å². The van der Waals surface area contributed by atoms with Gasteiger partial charge < -0.3 is 15.8 Å². The van der Waals surface area contributed by atoms with E-state index >= 15 is 0 Å². The molecule has 0 aliphatic heterocycles. The van der Waals surface area contributed by atoms with E-state index in [0.717, 1.165) is 36.0 Å². The first-order valence-corrected chi connectivity index (χ1v) is 7.25. The van der Waals surface area contributed by atoms with Crippen molar-refractivity contribution in [2.45, 2.75) is 26.2 Å². The summed E-state index contributed by atoms with van der Waals surface area (Å²) in [5, 5.41) is 4.36. The number of rotatable bonds is 7. The zero-order valence-electron chi connectivity index (χ0n) is 12.3. The van der Waals surface area contributed by atoms with Crippen LogP contribution in [0.3, 0.4) is 0 Å². The van der Waals surface area contributed by atoms with Crippen molar-refractivity contribution in [3.63, 3.8) is 0 Å². The van der Waals surface area contributed by atoms with E-state index in [-0.39, 0.29) is 5.97 Å². The second kappa shape index (κ2) is 7.47. The first kappa shape index (κ1) is 15.1. The third-order valence-electron chi connectivity index (χ3n) is 3.22. The molecule has 3 N–H and O–H groups in total. The third-order valence-corrected chi connectivity index (χ3v) is 3.22. The lowest BCUT2D eigenvalue weighted by Crippen LogP contribution is -2.08. The summed E-state index contributed by atoms with van der Waals surface area (Å²) >= 11 is 0. The molecular weight excluding hydrogens is 266 g/mol. The second-order valence-electron chi connectivity index (χ2n) is 4.79. The number of hydrogen-bond acceptors (Lipinski definition) is 5. The number of aromatic nitrogens is 1. The smallest absolute Gasteiger partial charge is 0.305 e. The number of para-hydroxylation sites is 1. The molecule has 112 valence electrons. The molecule has 1 aromatic carbocycles. The van der Waals surface area contributed by atoms with Crippen LogP contribution in [0, 0.1) is 0 Å². The molecule has 0 saturated carbocycles. The zero-order valence-corrected chi connectivity index (χ0v) is 12.3. The van der Waals surface area contributed by atoms with Gasteiger partial charge in [0.1, 0.15) is 0 Å². The van der Waals surface area contributed by atoms with Gasteiger partial charge in [0.2, 0.25) is 0 Å². The van der Waals surface area contributed by atoms with Gasteiger partial charge in [0.15, 0.2) is 0 Å². The standard InChI is InChI=1S/C16H21N3O2/c1-2-21-15(20)9-5-6-10-18-16-12-7-3-4-8-14(12)19-11-13(16)17/h3-4,7-8,11H,2,5-6,9-10,17H2,1H3,(H,18,19). The summed E-state index contributed by atoms with van der Waals surface area (Å²) < 4.78 is 4.90. The molecule has 0 aliphatic carbocycles. The molecule has 0 spiro atoms. The van der Waals surface area contributed by atoms with Crippen LogP contribution in [0.2, 0.25) is 0 Å². The number of nitrogen functional groups attached to an aromatic ring is 1. The molecule has 0 fully saturated rings. The fourth-order valence-electron chi connectivity index (χ4n) is 2.19. The molecule has 0 unspecified atom stereocenters. The topological polar surface area (TPSA) is 77.2 Å². The molecular formula is C16H21N3O2. The van der Waals surface area contributed by atoms with E-state index in [9.17, 15) is 4.79 Å². The number of nitrogens with two attached hydrogens (primary N) is 1. The van der Waals surface area contributed by atoms with Gasteiger partial charge in [-0.15, -0.1) is 0 Å². The Morgan fingerprint density at radius 1 is 1.33 bits per heavy atom. The molecule has 0 saturated heterocycles. The molecule has 0 aliphatic rings. The van der Waals surface area contributed by atoms with Crippen LogP contribution >= 0.6 is 0 Å². The van der Waals surface area contributed by atoms with Gasteiger partial charge >= 0.3 is 5.97 Å². The average Bonchev–Trinajstić information content (AvgIpc) is 2.49. The van der Waals surface area contributed by atoms with Crippen LogP contribution in [0.5, 0.6) is 0 Å². The highest BCUT2D eigenvalue weighted by Gasteiger charge is 2.06. The highest BCUT2D eigenvalue weighted by Crippen LogP contribution is 2.27. The Balaban J connectivity index is 1.89. The van der Waals surface area contributed by atoms with Crippen LogP contribution in [0.1, 0.15) is 26.2 Å². The minimum atomic E-state index is -0.133. The number of hydrogen-bond donors (Lipinski definition) is 2. The number of carbonyl (C=O) groups excluding carboxylic acids is 1. The second-order valence-corrected chi connectivity index (χ2v) is 4.79. The normalized spacial score (nSPS) is 10.5. The van der Waals surface area contributed by atoms with Crippen molar-refractivity contribution in [3.8, 4) is 0 Å². The number of benzene rings is 1. The SMILES string of the molecule is CCOC(=O)CCCCNc1c(N)cnc2ccccc12. The Bertz CT molecular complexity index is 613. The van der Waals surface area contributed by atoms with Crippen LogP contribution in [-0.4, -0.2) is 24.1 Å². The quantitative estimate of drug-likeness (QED) is 0.604. The minimum absolute atomic E-state index is 0.133. The molecule has 2 aromatic rings. The molecule has 0 radical (unpaired) electrons. The number of pyridine rings is 1. The van der Waals surface area contributed by atoms with Crippen molar-refractivity contribution in [1.29, 1.82) is 0 Å². The first-order valence-electron chi connectivity index (χ1n) is 7.25. The largest absolute Gasteiger partial charge is 0.466 e. The van der Waals surface area contributed by atoms with Crippen molar-refractivity contribution >= 4 is 28.2 Å². The van der Waals surface area contributed by atoms with Crippen LogP contribution < -0.4 is 11.1 Å². The Morgan fingerprint density at radius 2 is 2.14 bits per heavy atom. The summed E-state index contributed by atoms with van der Waals surface area (Å²) in [7, 11) is 0. The van der Waals surface area contributed by atoms with Gasteiger partial charge in [0.25, 0.3) is 0 Å². The summed E-state index contributed by atoms with van der Waals surface area (Å²) in [5.74, 6) is -0.133. The van der Waals surface area contributed by atoms with Crippen molar-refractivity contribution in [2.24, 2.45) is 0 Å². The van der Waals surface area contributed by atoms with Crippen molar-refractivity contribution in [2.75, 3.05) is 24.2 Å². The fraction of sp³-hybridized carbons (Fsp3) is 0.375. The van der Waals surface area contributed by atoms with Crippen LogP contribution in [0.4, 0.5) is 11.4 Å². The van der Waals surface area contributed by atoms with Gasteiger partial charge in [-0.25, -0.2) is 0 Å². The Hall–Kier alpha value is -2.30. The lowest BCUT2D eigenvalue weighted by molar-refractivity contribution is -0.143. The van der Waals surface area contributed by atoms with Crippen LogP contribution in [0.15, 0.2) is 30.5 Å². The molecule has 1 aromatic heterocycles. The monoisotopic (exact) mass is 287 g/mol. The molecule has 0 amide bonds. The van der Waals surface area contributed by atoms with E-state index in [4.69, 9.17) is 10.5 Å². The third kappa shape index (κ3) is 4.08. The number of esters is 1. The maximum atomic E-state index is 11.2. The predicted molar refractivity (Wildman–Crippen MR) is 85.1 cm³/mol. The maximum absolute atomic E-state index is 11.2. The number of ether oxygens (including phenoxy) is 1. The number of fused-ring (bicyclic) bond motifs is 1. The molecule has 21 heavy (non-hydrogen) atoms. The molecule has 5 nitrogen and oxygen atoms in total. The van der Waals surface area contributed by atoms with Crippen molar-refractivity contribution in [3.05, 3.63) is 30.5 Å². The number of nitrogens with zero attached hydrogens (tertiary/aromatic N) is 1. The summed E-state index contributed by atoms with van der Waals surface area (Å²) in [4.78, 5) is 15.5. The summed E-state index contributed by atoms with van der Waals surface area (Å²) in [5.41, 5.74) is 8.46. The van der Waals surface area contributed by atoms with E-state index in [0.29, 0.717) is 18.7 Å². The Morgan fingerprint density at radius 3 is 2.95 bits per heavy atom. The van der Waals surface area contributed by atoms with Gasteiger partial charge in [-0.1, -0.05) is 18.2 Å². The van der Waals surface area contributed by atoms with Crippen molar-refractivity contribution < 1.29 is 9.53 Å². The van der Waals surface area contributed by atoms with E-state index in [1.54, 1.807) is 6.20 Å². The van der Waals surface area contributed by atoms with Crippen LogP contribution in [-0.2, 0) is 9.53 Å². The highest BCUT2D eigenvalue weighted by atomic mass is 16.5. The predicted octanol–water partition coefficient (Wildman–Crippen LogP) is 2.96. The summed E-state index contributed by atoms with van der Waals surface area (Å²) in [6.45, 7) is 3.02. The molecule has 2 rings (SSSR count). The van der Waals surface area contributed by atoms with Gasteiger partial charge in [-0.05, 0) is 25.8 Å². The fourth-order valence-corrected chi connectivity index (χ4v) is 2.19. The first-order chi connectivity index (χ1) is 10.2. The van der Waals surface area contributed by atoms with Gasteiger partial charge in [0.05, 0.1) is 29.7 Å². The van der Waals surface area contributed by atoms with Gasteiger partial charge in [-0.3, -0.25) is 9.78 Å². The molecule has 1 heterocycles. The van der Waals surface area contributed by atoms with E-state index < -0.39 is 0 Å². The minimum Gasteiger partial charge on any atom is -0.466 e. The van der Waals surface area contributed by atoms with E-state index in [1.807, 2.05) is 31.2 Å². The van der Waals surface area contributed by atoms with Gasteiger partial charge in [-0.2, -0.15) is 0 Å². The molecule has 0 bridgehead atoms. The summed E-state index contributed by atoms with van der Waals surface area (Å²) in [6.07, 6.45) is 3.81. The number of anilines is 2. The maximum Gasteiger partial charge on any atom is 0.305 e. The van der Waals surface area contributed by atoms with Crippen molar-refractivity contribution in [1.82, 2.24) is 4.98 Å². The van der Waals surface area contributed by atoms with E-state index in [1.165, 1.54) is 0 Å². The Labute approximate surface area is 124 Å². The summed E-state index contributed by atoms with van der Waals surface area (Å²) in [6, 6.07) is 7.88. The van der Waals surface area contributed by atoms with Gasteiger partial charge in [0, 0.05) is 18.4 Å². The average molecular weight is 287 g/mol. The molecule has 0 atom stereocenters. The lowest BCUT2D eigenvalue weighted by Gasteiger charge is -2.12. The highest BCUT2D eigenvalue weighted by molar-refractivity contribution is 5.96. The zero-order chi connectivity index (χ0) is 15.1. The van der Waals surface area contributed by atoms with Crippen LogP contribution in [0.25, 0.3) is 10.9 Å². The number of nitrogens with one attached hydrogen (secondary N) is 1. The Kier molecular flexibility index (Phi) is 5.37. The molecule has 5 heteroatoms.